The summed E-state index contributed by atoms with van der Waals surface area (Å²) >= 11 is 2.29. The Balaban J connectivity index is 2.53. The average molecular weight is 281 g/mol. The van der Waals surface area contributed by atoms with Crippen molar-refractivity contribution < 1.29 is 0 Å². The van der Waals surface area contributed by atoms with Gasteiger partial charge in [0.2, 0.25) is 0 Å². The Morgan fingerprint density at radius 2 is 2.08 bits per heavy atom. The van der Waals surface area contributed by atoms with Gasteiger partial charge in [0.1, 0.15) is 12.5 Å². The van der Waals surface area contributed by atoms with Crippen LogP contribution in [0.5, 0.6) is 0 Å². The summed E-state index contributed by atoms with van der Waals surface area (Å²) in [6, 6.07) is 0. The topological polar surface area (TPSA) is 18.8 Å². The Hall–Kier alpha value is 0. The molecule has 0 spiro atoms. The third-order valence-electron chi connectivity index (χ3n) is 1.86. The zero-order valence-electron chi connectivity index (χ0n) is 8.08. The van der Waals surface area contributed by atoms with Crippen LogP contribution in [0.25, 0.3) is 0 Å². The van der Waals surface area contributed by atoms with Crippen LogP contribution in [0.1, 0.15) is 27.2 Å². The highest BCUT2D eigenvalue weighted by atomic mass is 127. The maximum Gasteiger partial charge on any atom is 0.128 e. The molecule has 0 saturated carbocycles. The summed E-state index contributed by atoms with van der Waals surface area (Å²) in [5.41, 5.74) is 0.357. The molecule has 1 aliphatic rings. The predicted octanol–water partition coefficient (Wildman–Crippen LogP) is 2.29. The summed E-state index contributed by atoms with van der Waals surface area (Å²) < 4.78 is 2.13. The molecule has 0 aromatic rings. The number of hydrogen-bond acceptors (Lipinski definition) is 3. The second kappa shape index (κ2) is 3.40. The van der Waals surface area contributed by atoms with Gasteiger partial charge in [-0.15, -0.1) is 0 Å². The molecule has 0 saturated heterocycles. The van der Waals surface area contributed by atoms with Crippen LogP contribution < -0.4 is 0 Å². The van der Waals surface area contributed by atoms with Crippen LogP contribution in [0.2, 0.25) is 0 Å². The van der Waals surface area contributed by atoms with Crippen molar-refractivity contribution >= 4 is 29.2 Å². The minimum absolute atomic E-state index is 0.357. The third-order valence-corrected chi connectivity index (χ3v) is 2.75. The summed E-state index contributed by atoms with van der Waals surface area (Å²) in [6.45, 7) is 6.76. The molecule has 70 valence electrons. The van der Waals surface area contributed by atoms with Crippen LogP contribution in [-0.2, 0) is 0 Å². The monoisotopic (exact) mass is 281 g/mol. The fourth-order valence-electron chi connectivity index (χ4n) is 1.21. The minimum Gasteiger partial charge on any atom is -0.280 e. The first-order chi connectivity index (χ1) is 5.40. The molecule has 0 bridgehead atoms. The molecule has 0 amide bonds. The molecule has 0 radical (unpaired) electrons. The fourth-order valence-corrected chi connectivity index (χ4v) is 1.88. The quantitative estimate of drug-likeness (QED) is 0.542. The Morgan fingerprint density at radius 1 is 1.50 bits per heavy atom. The molecule has 1 atom stereocenters. The van der Waals surface area contributed by atoms with Gasteiger partial charge in [-0.2, -0.15) is 5.10 Å². The molecular formula is C8H16IN3. The minimum atomic E-state index is 0.357. The Kier molecular flexibility index (Phi) is 2.85. The van der Waals surface area contributed by atoms with Crippen molar-refractivity contribution in [2.75, 3.05) is 7.05 Å². The molecule has 0 aromatic heterocycles. The zero-order chi connectivity index (χ0) is 9.35. The van der Waals surface area contributed by atoms with Gasteiger partial charge in [-0.05, 0) is 11.8 Å². The van der Waals surface area contributed by atoms with Crippen LogP contribution >= 0.6 is 22.9 Å². The first-order valence-corrected chi connectivity index (χ1v) is 5.08. The average Bonchev–Trinajstić information content (AvgIpc) is 2.16. The van der Waals surface area contributed by atoms with Gasteiger partial charge in [-0.3, -0.25) is 8.12 Å². The van der Waals surface area contributed by atoms with E-state index in [1.807, 2.05) is 18.4 Å². The number of hydrogen-bond donors (Lipinski definition) is 0. The van der Waals surface area contributed by atoms with E-state index in [9.17, 15) is 0 Å². The molecule has 0 aromatic carbocycles. The standard InChI is InChI=1S/C8H16IN3/c1-8(2,3)5-7-11(4)10-6-12(7)9/h6-7H,5H2,1-4H3. The fraction of sp³-hybridized carbons (Fsp3) is 0.875. The largest absolute Gasteiger partial charge is 0.280 e. The highest BCUT2D eigenvalue weighted by Gasteiger charge is 2.28. The van der Waals surface area contributed by atoms with Crippen LogP contribution in [0.3, 0.4) is 0 Å². The Labute approximate surface area is 88.3 Å². The van der Waals surface area contributed by atoms with Crippen LogP contribution in [-0.4, -0.2) is 27.7 Å². The molecule has 4 heteroatoms. The molecule has 3 nitrogen and oxygen atoms in total. The summed E-state index contributed by atoms with van der Waals surface area (Å²) in [5.74, 6) is 0. The lowest BCUT2D eigenvalue weighted by molar-refractivity contribution is 0.163. The van der Waals surface area contributed by atoms with E-state index in [4.69, 9.17) is 0 Å². The lowest BCUT2D eigenvalue weighted by Gasteiger charge is -2.30. The molecule has 0 aliphatic carbocycles. The van der Waals surface area contributed by atoms with Crippen LogP contribution in [0, 0.1) is 5.41 Å². The molecule has 0 N–H and O–H groups in total. The predicted molar refractivity (Wildman–Crippen MR) is 60.0 cm³/mol. The van der Waals surface area contributed by atoms with E-state index in [1.165, 1.54) is 0 Å². The zero-order valence-corrected chi connectivity index (χ0v) is 10.2. The molecule has 1 heterocycles. The third kappa shape index (κ3) is 2.50. The lowest BCUT2D eigenvalue weighted by Crippen LogP contribution is -2.35. The summed E-state index contributed by atoms with van der Waals surface area (Å²) in [6.07, 6.45) is 3.43. The smallest absolute Gasteiger partial charge is 0.128 e. The van der Waals surface area contributed by atoms with Crippen molar-refractivity contribution in [3.63, 3.8) is 0 Å². The second-order valence-electron chi connectivity index (χ2n) is 4.39. The van der Waals surface area contributed by atoms with Crippen LogP contribution in [0.4, 0.5) is 0 Å². The van der Waals surface area contributed by atoms with E-state index >= 15 is 0 Å². The highest BCUT2D eigenvalue weighted by Crippen LogP contribution is 2.28. The summed E-state index contributed by atoms with van der Waals surface area (Å²) in [7, 11) is 2.02. The number of hydrazone groups is 1. The van der Waals surface area contributed by atoms with Gasteiger partial charge in [0.15, 0.2) is 0 Å². The Morgan fingerprint density at radius 3 is 2.42 bits per heavy atom. The summed E-state index contributed by atoms with van der Waals surface area (Å²) in [5, 5.41) is 6.22. The van der Waals surface area contributed by atoms with E-state index in [0.29, 0.717) is 11.6 Å². The molecule has 1 rings (SSSR count). The first kappa shape index (κ1) is 10.1. The van der Waals surface area contributed by atoms with Gasteiger partial charge in [0.25, 0.3) is 0 Å². The Bertz CT molecular complexity index is 173. The lowest BCUT2D eigenvalue weighted by atomic mass is 9.90. The van der Waals surface area contributed by atoms with Crippen molar-refractivity contribution in [1.82, 2.24) is 8.12 Å². The van der Waals surface area contributed by atoms with Crippen LogP contribution in [0.15, 0.2) is 5.10 Å². The van der Waals surface area contributed by atoms with Crippen molar-refractivity contribution in [1.29, 1.82) is 0 Å². The summed E-state index contributed by atoms with van der Waals surface area (Å²) in [4.78, 5) is 0. The van der Waals surface area contributed by atoms with Crippen molar-refractivity contribution in [2.45, 2.75) is 33.4 Å². The second-order valence-corrected chi connectivity index (χ2v) is 5.51. The van der Waals surface area contributed by atoms with E-state index in [2.05, 4.69) is 51.9 Å². The van der Waals surface area contributed by atoms with Gasteiger partial charge in [-0.1, -0.05) is 20.8 Å². The highest BCUT2D eigenvalue weighted by molar-refractivity contribution is 14.1. The van der Waals surface area contributed by atoms with E-state index in [-0.39, 0.29) is 0 Å². The maximum absolute atomic E-state index is 4.21. The van der Waals surface area contributed by atoms with Gasteiger partial charge < -0.3 is 0 Å². The molecular weight excluding hydrogens is 265 g/mol. The van der Waals surface area contributed by atoms with Gasteiger partial charge in [-0.25, -0.2) is 0 Å². The van der Waals surface area contributed by atoms with Gasteiger partial charge in [0.05, 0.1) is 22.9 Å². The number of nitrogens with zero attached hydrogens (tertiary/aromatic N) is 3. The molecule has 12 heavy (non-hydrogen) atoms. The number of rotatable bonds is 1. The van der Waals surface area contributed by atoms with Crippen molar-refractivity contribution in [3.05, 3.63) is 0 Å². The van der Waals surface area contributed by atoms with Crippen molar-refractivity contribution in [3.8, 4) is 0 Å². The van der Waals surface area contributed by atoms with Gasteiger partial charge in [0, 0.05) is 7.05 Å². The number of halogens is 1. The van der Waals surface area contributed by atoms with Crippen molar-refractivity contribution in [2.24, 2.45) is 10.5 Å². The maximum atomic E-state index is 4.21. The first-order valence-electron chi connectivity index (χ1n) is 4.11. The normalized spacial score (nSPS) is 23.9. The molecule has 0 fully saturated rings. The van der Waals surface area contributed by atoms with E-state index < -0.39 is 0 Å². The molecule has 1 unspecified atom stereocenters. The SMILES string of the molecule is CN1N=CN(I)C1CC(C)(C)C. The van der Waals surface area contributed by atoms with E-state index in [0.717, 1.165) is 6.42 Å². The van der Waals surface area contributed by atoms with E-state index in [1.54, 1.807) is 0 Å². The van der Waals surface area contributed by atoms with Gasteiger partial charge >= 0.3 is 0 Å². The molecule has 1 aliphatic heterocycles.